The van der Waals surface area contributed by atoms with Crippen LogP contribution >= 0.6 is 23.2 Å². The third-order valence-corrected chi connectivity index (χ3v) is 6.57. The highest BCUT2D eigenvalue weighted by molar-refractivity contribution is 6.34. The van der Waals surface area contributed by atoms with E-state index in [9.17, 15) is 19.2 Å². The zero-order chi connectivity index (χ0) is 31.5. The minimum Gasteiger partial charge on any atom is -0.467 e. The summed E-state index contributed by atoms with van der Waals surface area (Å²) in [5, 5.41) is 4.56. The smallest absolute Gasteiger partial charge is 0.429 e. The summed E-state index contributed by atoms with van der Waals surface area (Å²) in [5.41, 5.74) is 1.74. The molecule has 3 amide bonds. The van der Waals surface area contributed by atoms with Crippen molar-refractivity contribution in [1.29, 1.82) is 0 Å². The molecule has 0 aliphatic carbocycles. The van der Waals surface area contributed by atoms with Gasteiger partial charge in [0.15, 0.2) is 0 Å². The molecule has 0 aliphatic rings. The number of hydrogen-bond donors (Lipinski definition) is 3. The van der Waals surface area contributed by atoms with E-state index < -0.39 is 35.1 Å². The molecule has 0 bridgehead atoms. The first-order chi connectivity index (χ1) is 20.3. The van der Waals surface area contributed by atoms with Crippen molar-refractivity contribution in [2.45, 2.75) is 39.3 Å². The van der Waals surface area contributed by atoms with Crippen LogP contribution in [-0.2, 0) is 4.74 Å². The monoisotopic (exact) mass is 626 g/mol. The van der Waals surface area contributed by atoms with Gasteiger partial charge < -0.3 is 19.8 Å². The maximum absolute atomic E-state index is 13.4. The maximum atomic E-state index is 13.4. The van der Waals surface area contributed by atoms with Crippen molar-refractivity contribution in [2.24, 2.45) is 0 Å². The highest BCUT2D eigenvalue weighted by Gasteiger charge is 2.29. The first-order valence-electron chi connectivity index (χ1n) is 12.9. The molecule has 4 aromatic rings. The molecule has 0 aliphatic heterocycles. The Balaban J connectivity index is 1.59. The van der Waals surface area contributed by atoms with Gasteiger partial charge in [0, 0.05) is 22.2 Å². The van der Waals surface area contributed by atoms with E-state index in [4.69, 9.17) is 32.7 Å². The standard InChI is InChI=1S/C29H28Cl2N6O6/c1-15(16-7-6-8-19(30)11-16)37(28(41)43-29(2,3)4)36-24(38)17-9-10-21(31)22(13-17)33-25(39)20-12-18-14-32-27(42-5)35-23(18)34-26(20)40/h6-15H,1-5H3,(H,33,39)(H,36,38)(H,32,34,35,40). The number of ether oxygens (including phenoxy) is 2. The van der Waals surface area contributed by atoms with Gasteiger partial charge in [-0.2, -0.15) is 4.98 Å². The number of carbonyl (C=O) groups excluding carboxylic acids is 3. The summed E-state index contributed by atoms with van der Waals surface area (Å²) in [6.45, 7) is 6.81. The van der Waals surface area contributed by atoms with Gasteiger partial charge in [0.2, 0.25) is 0 Å². The molecule has 0 fully saturated rings. The van der Waals surface area contributed by atoms with Crippen LogP contribution < -0.4 is 21.0 Å². The largest absolute Gasteiger partial charge is 0.467 e. The zero-order valence-electron chi connectivity index (χ0n) is 23.8. The summed E-state index contributed by atoms with van der Waals surface area (Å²) in [7, 11) is 1.38. The number of carbonyl (C=O) groups is 3. The summed E-state index contributed by atoms with van der Waals surface area (Å²) < 4.78 is 10.5. The molecule has 2 heterocycles. The average molecular weight is 627 g/mol. The molecule has 0 saturated heterocycles. The molecule has 2 aromatic heterocycles. The fraction of sp³-hybridized carbons (Fsp3) is 0.241. The van der Waals surface area contributed by atoms with Gasteiger partial charge in [0.1, 0.15) is 16.8 Å². The number of nitrogens with one attached hydrogen (secondary N) is 3. The van der Waals surface area contributed by atoms with Crippen molar-refractivity contribution < 1.29 is 23.9 Å². The summed E-state index contributed by atoms with van der Waals surface area (Å²) >= 11 is 12.5. The number of pyridine rings is 1. The molecule has 3 N–H and O–H groups in total. The fourth-order valence-corrected chi connectivity index (χ4v) is 4.26. The number of halogens is 2. The van der Waals surface area contributed by atoms with Crippen LogP contribution in [0.25, 0.3) is 11.0 Å². The third kappa shape index (κ3) is 7.59. The number of methoxy groups -OCH3 is 1. The lowest BCUT2D eigenvalue weighted by Gasteiger charge is -2.32. The zero-order valence-corrected chi connectivity index (χ0v) is 25.3. The van der Waals surface area contributed by atoms with Crippen molar-refractivity contribution in [2.75, 3.05) is 12.4 Å². The van der Waals surface area contributed by atoms with Crippen LogP contribution in [-0.4, -0.2) is 50.6 Å². The highest BCUT2D eigenvalue weighted by Crippen LogP contribution is 2.26. The number of benzene rings is 2. The molecule has 2 aromatic carbocycles. The van der Waals surface area contributed by atoms with Crippen molar-refractivity contribution in [1.82, 2.24) is 25.4 Å². The number of H-pyrrole nitrogens is 1. The van der Waals surface area contributed by atoms with Gasteiger partial charge in [-0.05, 0) is 69.7 Å². The normalized spacial score (nSPS) is 11.9. The van der Waals surface area contributed by atoms with Gasteiger partial charge in [0.25, 0.3) is 17.4 Å². The Morgan fingerprint density at radius 2 is 1.79 bits per heavy atom. The molecule has 0 spiro atoms. The molecule has 0 radical (unpaired) electrons. The number of rotatable bonds is 6. The van der Waals surface area contributed by atoms with Crippen molar-refractivity contribution in [3.05, 3.63) is 91.8 Å². The molecule has 0 saturated carbocycles. The molecular formula is C29H28Cl2N6O6. The van der Waals surface area contributed by atoms with Gasteiger partial charge in [-0.3, -0.25) is 19.8 Å². The van der Waals surface area contributed by atoms with E-state index in [0.717, 1.165) is 5.01 Å². The fourth-order valence-electron chi connectivity index (χ4n) is 3.90. The number of amides is 3. The summed E-state index contributed by atoms with van der Waals surface area (Å²) in [6, 6.07) is 11.7. The molecule has 43 heavy (non-hydrogen) atoms. The number of fused-ring (bicyclic) bond motifs is 1. The van der Waals surface area contributed by atoms with E-state index in [1.54, 1.807) is 52.0 Å². The lowest BCUT2D eigenvalue weighted by atomic mass is 10.1. The number of nitrogens with zero attached hydrogens (tertiary/aromatic N) is 3. The second-order valence-electron chi connectivity index (χ2n) is 10.3. The predicted octanol–water partition coefficient (Wildman–Crippen LogP) is 5.53. The Morgan fingerprint density at radius 3 is 2.47 bits per heavy atom. The van der Waals surface area contributed by atoms with Crippen LogP contribution in [0.3, 0.4) is 0 Å². The van der Waals surface area contributed by atoms with Crippen LogP contribution in [0.5, 0.6) is 6.01 Å². The first-order valence-corrected chi connectivity index (χ1v) is 13.6. The van der Waals surface area contributed by atoms with Gasteiger partial charge >= 0.3 is 12.1 Å². The number of hydrogen-bond acceptors (Lipinski definition) is 8. The first kappa shape index (κ1) is 31.3. The SMILES string of the molecule is COc1ncc2cc(C(=O)Nc3cc(C(=O)NN(C(=O)OC(C)(C)C)C(C)c4cccc(Cl)c4)ccc3Cl)c(=O)[nH]c2n1. The maximum Gasteiger partial charge on any atom is 0.429 e. The van der Waals surface area contributed by atoms with E-state index in [1.165, 1.54) is 37.6 Å². The lowest BCUT2D eigenvalue weighted by Crippen LogP contribution is -2.49. The van der Waals surface area contributed by atoms with Gasteiger partial charge in [-0.1, -0.05) is 35.3 Å². The third-order valence-electron chi connectivity index (χ3n) is 6.01. The molecule has 4 rings (SSSR count). The quantitative estimate of drug-likeness (QED) is 0.236. The second kappa shape index (κ2) is 12.7. The second-order valence-corrected chi connectivity index (χ2v) is 11.2. The summed E-state index contributed by atoms with van der Waals surface area (Å²) in [4.78, 5) is 62.8. The Hall–Kier alpha value is -4.68. The molecule has 14 heteroatoms. The Bertz CT molecular complexity index is 1770. The van der Waals surface area contributed by atoms with Gasteiger partial charge in [-0.15, -0.1) is 0 Å². The van der Waals surface area contributed by atoms with Gasteiger partial charge in [0.05, 0.1) is 23.9 Å². The molecule has 1 atom stereocenters. The number of aromatic amines is 1. The Morgan fingerprint density at radius 1 is 1.05 bits per heavy atom. The molecule has 1 unspecified atom stereocenters. The average Bonchev–Trinajstić information content (AvgIpc) is 2.94. The predicted molar refractivity (Wildman–Crippen MR) is 162 cm³/mol. The van der Waals surface area contributed by atoms with Crippen molar-refractivity contribution in [3.63, 3.8) is 0 Å². The molecule has 224 valence electrons. The topological polar surface area (TPSA) is 156 Å². The number of hydrazine groups is 1. The summed E-state index contributed by atoms with van der Waals surface area (Å²) in [6.07, 6.45) is 0.597. The van der Waals surface area contributed by atoms with E-state index in [2.05, 4.69) is 25.7 Å². The van der Waals surface area contributed by atoms with E-state index in [1.807, 2.05) is 0 Å². The van der Waals surface area contributed by atoms with E-state index in [0.29, 0.717) is 16.0 Å². The number of anilines is 1. The highest BCUT2D eigenvalue weighted by atomic mass is 35.5. The van der Waals surface area contributed by atoms with Crippen LogP contribution in [0, 0.1) is 0 Å². The lowest BCUT2D eigenvalue weighted by molar-refractivity contribution is 0.00373. The van der Waals surface area contributed by atoms with Crippen molar-refractivity contribution in [3.8, 4) is 6.01 Å². The summed E-state index contributed by atoms with van der Waals surface area (Å²) in [5.74, 6) is -1.48. The Kier molecular flexibility index (Phi) is 9.22. The van der Waals surface area contributed by atoms with E-state index >= 15 is 0 Å². The van der Waals surface area contributed by atoms with Crippen LogP contribution in [0.15, 0.2) is 59.5 Å². The minimum atomic E-state index is -0.843. The Labute approximate surface area is 256 Å². The van der Waals surface area contributed by atoms with Crippen LogP contribution in [0.2, 0.25) is 10.0 Å². The van der Waals surface area contributed by atoms with Gasteiger partial charge in [-0.25, -0.2) is 14.8 Å². The number of aromatic nitrogens is 3. The van der Waals surface area contributed by atoms with Crippen molar-refractivity contribution >= 4 is 57.8 Å². The molecular weight excluding hydrogens is 599 g/mol. The van der Waals surface area contributed by atoms with Crippen LogP contribution in [0.1, 0.15) is 60.0 Å². The molecule has 12 nitrogen and oxygen atoms in total. The van der Waals surface area contributed by atoms with E-state index in [-0.39, 0.29) is 33.5 Å². The minimum absolute atomic E-state index is 0.0504. The van der Waals surface area contributed by atoms with Crippen LogP contribution in [0.4, 0.5) is 10.5 Å².